The zero-order valence-corrected chi connectivity index (χ0v) is 10.6. The first kappa shape index (κ1) is 10.4. The molecule has 86 valence electrons. The van der Waals surface area contributed by atoms with Crippen LogP contribution in [0.5, 0.6) is 0 Å². The minimum Gasteiger partial charge on any atom is -0.384 e. The van der Waals surface area contributed by atoms with Gasteiger partial charge in [-0.05, 0) is 24.4 Å². The lowest BCUT2D eigenvalue weighted by Crippen LogP contribution is -1.97. The third-order valence-electron chi connectivity index (χ3n) is 3.00. The molecule has 17 heavy (non-hydrogen) atoms. The van der Waals surface area contributed by atoms with Crippen LogP contribution in [0, 0.1) is 6.92 Å². The molecular weight excluding hydrogens is 230 g/mol. The van der Waals surface area contributed by atoms with Gasteiger partial charge in [-0.2, -0.15) is 5.10 Å². The first-order valence-electron chi connectivity index (χ1n) is 5.45. The summed E-state index contributed by atoms with van der Waals surface area (Å²) in [7, 11) is 1.87. The summed E-state index contributed by atoms with van der Waals surface area (Å²) in [6, 6.07) is 10.5. The normalized spacial score (nSPS) is 11.2. The molecule has 0 saturated heterocycles. The second kappa shape index (κ2) is 3.60. The molecule has 2 heterocycles. The number of aromatic nitrogens is 2. The number of nitrogens with zero attached hydrogens (tertiary/aromatic N) is 2. The molecule has 3 rings (SSSR count). The Morgan fingerprint density at radius 2 is 2.06 bits per heavy atom. The fourth-order valence-corrected chi connectivity index (χ4v) is 3.08. The summed E-state index contributed by atoms with van der Waals surface area (Å²) in [5.41, 5.74) is 7.99. The van der Waals surface area contributed by atoms with Crippen molar-refractivity contribution in [3.05, 3.63) is 35.9 Å². The fraction of sp³-hybridized carbons (Fsp3) is 0.154. The molecular formula is C13H13N3S. The highest BCUT2D eigenvalue weighted by molar-refractivity contribution is 7.22. The van der Waals surface area contributed by atoms with Crippen LogP contribution in [0.4, 0.5) is 5.82 Å². The minimum absolute atomic E-state index is 0.734. The molecule has 0 saturated carbocycles. The average molecular weight is 243 g/mol. The molecule has 2 N–H and O–H groups in total. The highest BCUT2D eigenvalue weighted by Gasteiger charge is 2.13. The van der Waals surface area contributed by atoms with Gasteiger partial charge in [-0.1, -0.05) is 18.2 Å². The highest BCUT2D eigenvalue weighted by atomic mass is 32.1. The lowest BCUT2D eigenvalue weighted by atomic mass is 10.2. The fourth-order valence-electron chi connectivity index (χ4n) is 1.98. The molecule has 1 aromatic carbocycles. The molecule has 0 amide bonds. The molecule has 0 aliphatic heterocycles. The number of hydrogen-bond acceptors (Lipinski definition) is 3. The molecule has 4 heteroatoms. The molecule has 0 spiro atoms. The van der Waals surface area contributed by atoms with Crippen LogP contribution in [-0.2, 0) is 7.05 Å². The topological polar surface area (TPSA) is 43.8 Å². The van der Waals surface area contributed by atoms with Gasteiger partial charge in [0.05, 0.1) is 4.88 Å². The molecule has 0 unspecified atom stereocenters. The predicted molar refractivity (Wildman–Crippen MR) is 73.2 cm³/mol. The van der Waals surface area contributed by atoms with Crippen molar-refractivity contribution in [2.24, 2.45) is 7.05 Å². The van der Waals surface area contributed by atoms with Crippen molar-refractivity contribution < 1.29 is 0 Å². The number of rotatable bonds is 1. The van der Waals surface area contributed by atoms with E-state index in [9.17, 15) is 0 Å². The van der Waals surface area contributed by atoms with E-state index in [1.165, 1.54) is 15.0 Å². The van der Waals surface area contributed by atoms with Crippen molar-refractivity contribution in [2.45, 2.75) is 6.92 Å². The molecule has 0 fully saturated rings. The summed E-state index contributed by atoms with van der Waals surface area (Å²) in [6.45, 7) is 2.02. The van der Waals surface area contributed by atoms with Crippen LogP contribution in [0.15, 0.2) is 30.3 Å². The number of aryl methyl sites for hydroxylation is 1. The van der Waals surface area contributed by atoms with Crippen molar-refractivity contribution in [3.63, 3.8) is 0 Å². The Morgan fingerprint density at radius 1 is 1.29 bits per heavy atom. The first-order valence-corrected chi connectivity index (χ1v) is 6.26. The lowest BCUT2D eigenvalue weighted by molar-refractivity contribution is 0.782. The Hall–Kier alpha value is -1.81. The Kier molecular flexibility index (Phi) is 2.19. The van der Waals surface area contributed by atoms with Gasteiger partial charge >= 0.3 is 0 Å². The maximum Gasteiger partial charge on any atom is 0.124 e. The molecule has 0 bridgehead atoms. The Bertz CT molecular complexity index is 661. The minimum atomic E-state index is 0.734. The first-order chi connectivity index (χ1) is 8.16. The van der Waals surface area contributed by atoms with Crippen LogP contribution in [0.3, 0.4) is 0 Å². The van der Waals surface area contributed by atoms with Crippen molar-refractivity contribution in [3.8, 4) is 10.6 Å². The second-order valence-electron chi connectivity index (χ2n) is 4.13. The highest BCUT2D eigenvalue weighted by Crippen LogP contribution is 2.35. The van der Waals surface area contributed by atoms with Gasteiger partial charge in [0, 0.05) is 17.3 Å². The van der Waals surface area contributed by atoms with Gasteiger partial charge in [0.1, 0.15) is 11.5 Å². The summed E-state index contributed by atoms with van der Waals surface area (Å²) in [5, 5.41) is 5.74. The van der Waals surface area contributed by atoms with Gasteiger partial charge in [0.15, 0.2) is 0 Å². The maximum atomic E-state index is 5.94. The van der Waals surface area contributed by atoms with E-state index >= 15 is 0 Å². The molecule has 0 atom stereocenters. The monoisotopic (exact) mass is 243 g/mol. The summed E-state index contributed by atoms with van der Waals surface area (Å²) in [5.74, 6) is 0.734. The number of benzene rings is 1. The summed E-state index contributed by atoms with van der Waals surface area (Å²) in [4.78, 5) is 1.18. The summed E-state index contributed by atoms with van der Waals surface area (Å²) >= 11 is 1.76. The van der Waals surface area contributed by atoms with E-state index in [-0.39, 0.29) is 0 Å². The molecule has 0 radical (unpaired) electrons. The van der Waals surface area contributed by atoms with E-state index in [1.54, 1.807) is 16.0 Å². The summed E-state index contributed by atoms with van der Waals surface area (Å²) < 4.78 is 3.01. The molecule has 3 nitrogen and oxygen atoms in total. The van der Waals surface area contributed by atoms with Gasteiger partial charge in [0.2, 0.25) is 0 Å². The number of anilines is 1. The van der Waals surface area contributed by atoms with Crippen LogP contribution in [0.1, 0.15) is 5.56 Å². The van der Waals surface area contributed by atoms with Crippen molar-refractivity contribution in [2.75, 3.05) is 5.73 Å². The van der Waals surface area contributed by atoms with Gasteiger partial charge < -0.3 is 5.73 Å². The van der Waals surface area contributed by atoms with Crippen LogP contribution < -0.4 is 5.73 Å². The SMILES string of the molecule is Cc1c(-c2cc3ccccc3s2)nn(C)c1N. The molecule has 3 aromatic rings. The molecule has 0 aliphatic carbocycles. The van der Waals surface area contributed by atoms with E-state index in [0.717, 1.165) is 17.1 Å². The Labute approximate surface area is 103 Å². The van der Waals surface area contributed by atoms with Crippen molar-refractivity contribution >= 4 is 27.2 Å². The average Bonchev–Trinajstić information content (AvgIpc) is 2.86. The number of nitrogen functional groups attached to an aromatic ring is 1. The van der Waals surface area contributed by atoms with Gasteiger partial charge in [-0.25, -0.2) is 0 Å². The van der Waals surface area contributed by atoms with Crippen LogP contribution >= 0.6 is 11.3 Å². The Morgan fingerprint density at radius 3 is 2.71 bits per heavy atom. The largest absolute Gasteiger partial charge is 0.384 e. The van der Waals surface area contributed by atoms with Gasteiger partial charge in [-0.3, -0.25) is 4.68 Å². The van der Waals surface area contributed by atoms with Crippen molar-refractivity contribution in [1.29, 1.82) is 0 Å². The zero-order valence-electron chi connectivity index (χ0n) is 9.77. The predicted octanol–water partition coefficient (Wildman–Crippen LogP) is 3.19. The smallest absolute Gasteiger partial charge is 0.124 e. The Balaban J connectivity index is 2.23. The van der Waals surface area contributed by atoms with Gasteiger partial charge in [-0.15, -0.1) is 11.3 Å². The van der Waals surface area contributed by atoms with Crippen molar-refractivity contribution in [1.82, 2.24) is 9.78 Å². The second-order valence-corrected chi connectivity index (χ2v) is 5.21. The van der Waals surface area contributed by atoms with E-state index in [0.29, 0.717) is 0 Å². The number of fused-ring (bicyclic) bond motifs is 1. The van der Waals surface area contributed by atoms with Gasteiger partial charge in [0.25, 0.3) is 0 Å². The van der Waals surface area contributed by atoms with Crippen LogP contribution in [-0.4, -0.2) is 9.78 Å². The third kappa shape index (κ3) is 1.52. The van der Waals surface area contributed by atoms with E-state index in [4.69, 9.17) is 5.73 Å². The van der Waals surface area contributed by atoms with Crippen LogP contribution in [0.2, 0.25) is 0 Å². The quantitative estimate of drug-likeness (QED) is 0.713. The number of nitrogens with two attached hydrogens (primary N) is 1. The third-order valence-corrected chi connectivity index (χ3v) is 4.12. The standard InChI is InChI=1S/C13H13N3S/c1-8-12(15-16(2)13(8)14)11-7-9-5-3-4-6-10(9)17-11/h3-7H,14H2,1-2H3. The zero-order chi connectivity index (χ0) is 12.0. The molecule has 0 aliphatic rings. The van der Waals surface area contributed by atoms with E-state index in [1.807, 2.05) is 14.0 Å². The van der Waals surface area contributed by atoms with E-state index in [2.05, 4.69) is 35.4 Å². The molecule has 2 aromatic heterocycles. The number of thiophene rings is 1. The maximum absolute atomic E-state index is 5.94. The summed E-state index contributed by atoms with van der Waals surface area (Å²) in [6.07, 6.45) is 0. The van der Waals surface area contributed by atoms with E-state index < -0.39 is 0 Å². The number of hydrogen-bond donors (Lipinski definition) is 1. The lowest BCUT2D eigenvalue weighted by Gasteiger charge is -1.92. The van der Waals surface area contributed by atoms with Crippen LogP contribution in [0.25, 0.3) is 20.7 Å².